The van der Waals surface area contributed by atoms with Crippen molar-refractivity contribution in [3.63, 3.8) is 0 Å². The second-order valence-electron chi connectivity index (χ2n) is 10.1. The molecule has 0 spiro atoms. The predicted octanol–water partition coefficient (Wildman–Crippen LogP) is 11.4. The standard InChI is InChI=1S/C30H16N2S6Se/c1-11-4-6-14(7-5-11)32-17-8-12(2)33-22(17)24-20(32)23-21(37-24)15-9-19-16(10-18(15)35-23)28-25(36-19)26-29(39-28)27-30(38-26)31-13(3)34-27/h4-10H,1-3H3. The quantitative estimate of drug-likeness (QED) is 0.158. The Morgan fingerprint density at radius 2 is 1.38 bits per heavy atom. The molecule has 10 rings (SSSR count). The van der Waals surface area contributed by atoms with Crippen LogP contribution in [0.3, 0.4) is 0 Å². The van der Waals surface area contributed by atoms with E-state index in [0.29, 0.717) is 14.5 Å². The second kappa shape index (κ2) is 7.60. The summed E-state index contributed by atoms with van der Waals surface area (Å²) in [6, 6.07) is 16.4. The van der Waals surface area contributed by atoms with E-state index < -0.39 is 0 Å². The van der Waals surface area contributed by atoms with Gasteiger partial charge in [0.25, 0.3) is 0 Å². The third kappa shape index (κ3) is 2.88. The molecule has 0 saturated carbocycles. The number of fused-ring (bicyclic) bond motifs is 14. The molecule has 8 heterocycles. The van der Waals surface area contributed by atoms with Crippen molar-refractivity contribution in [3.05, 3.63) is 57.9 Å². The average molecular weight is 676 g/mol. The molecule has 0 amide bonds. The molecule has 0 aliphatic rings. The van der Waals surface area contributed by atoms with Crippen LogP contribution in [0.2, 0.25) is 0 Å². The van der Waals surface area contributed by atoms with Crippen LogP contribution in [0.15, 0.2) is 42.5 Å². The molecule has 0 aliphatic heterocycles. The van der Waals surface area contributed by atoms with Crippen molar-refractivity contribution in [2.45, 2.75) is 20.8 Å². The van der Waals surface area contributed by atoms with Gasteiger partial charge in [0.05, 0.1) is 0 Å². The molecule has 0 saturated heterocycles. The fraction of sp³-hybridized carbons (Fsp3) is 0.100. The summed E-state index contributed by atoms with van der Waals surface area (Å²) in [7, 11) is 0. The van der Waals surface area contributed by atoms with Crippen LogP contribution in [0, 0.1) is 20.8 Å². The molecule has 0 aliphatic carbocycles. The summed E-state index contributed by atoms with van der Waals surface area (Å²) in [5.74, 6) is 0. The third-order valence-corrected chi connectivity index (χ3v) is 18.3. The molecule has 188 valence electrons. The molecule has 0 atom stereocenters. The maximum absolute atomic E-state index is 4.80. The first-order chi connectivity index (χ1) is 19.0. The first kappa shape index (κ1) is 22.6. The van der Waals surface area contributed by atoms with Crippen LogP contribution in [-0.2, 0) is 0 Å². The molecule has 2 aromatic carbocycles. The van der Waals surface area contributed by atoms with Gasteiger partial charge in [0.15, 0.2) is 0 Å². The topological polar surface area (TPSA) is 17.8 Å². The molecule has 39 heavy (non-hydrogen) atoms. The first-order valence-corrected chi connectivity index (χ1v) is 19.1. The molecule has 0 unspecified atom stereocenters. The molecule has 0 N–H and O–H groups in total. The Bertz CT molecular complexity index is 2640. The van der Waals surface area contributed by atoms with Gasteiger partial charge in [0, 0.05) is 0 Å². The van der Waals surface area contributed by atoms with Crippen molar-refractivity contribution < 1.29 is 0 Å². The summed E-state index contributed by atoms with van der Waals surface area (Å²) >= 11 is 12.1. The van der Waals surface area contributed by atoms with Crippen LogP contribution < -0.4 is 0 Å². The average Bonchev–Trinajstić information content (AvgIpc) is 3.74. The van der Waals surface area contributed by atoms with Gasteiger partial charge < -0.3 is 0 Å². The first-order valence-electron chi connectivity index (χ1n) is 12.5. The van der Waals surface area contributed by atoms with Crippen LogP contribution >= 0.6 is 68.0 Å². The Hall–Kier alpha value is -2.07. The zero-order valence-electron chi connectivity index (χ0n) is 20.8. The Morgan fingerprint density at radius 3 is 2.26 bits per heavy atom. The van der Waals surface area contributed by atoms with Crippen LogP contribution in [0.4, 0.5) is 0 Å². The predicted molar refractivity (Wildman–Crippen MR) is 182 cm³/mol. The van der Waals surface area contributed by atoms with E-state index in [1.54, 1.807) is 8.52 Å². The van der Waals surface area contributed by atoms with E-state index in [9.17, 15) is 0 Å². The summed E-state index contributed by atoms with van der Waals surface area (Å²) in [4.78, 5) is 7.41. The number of hydrogen-bond donors (Lipinski definition) is 0. The van der Waals surface area contributed by atoms with Gasteiger partial charge in [-0.3, -0.25) is 0 Å². The van der Waals surface area contributed by atoms with Crippen molar-refractivity contribution in [2.24, 2.45) is 0 Å². The summed E-state index contributed by atoms with van der Waals surface area (Å²) in [5, 5.41) is 4.10. The number of thiazole rings is 1. The number of benzene rings is 2. The third-order valence-electron chi connectivity index (χ3n) is 7.56. The van der Waals surface area contributed by atoms with Crippen LogP contribution in [0.25, 0.3) is 83.1 Å². The molecule has 0 fully saturated rings. The minimum atomic E-state index is 0.359. The van der Waals surface area contributed by atoms with Gasteiger partial charge in [0.1, 0.15) is 0 Å². The number of hydrogen-bond acceptors (Lipinski definition) is 7. The van der Waals surface area contributed by atoms with E-state index >= 15 is 0 Å². The molecule has 0 radical (unpaired) electrons. The summed E-state index contributed by atoms with van der Waals surface area (Å²) in [5.41, 5.74) is 5.29. The number of aryl methyl sites for hydroxylation is 3. The number of thiophene rings is 5. The summed E-state index contributed by atoms with van der Waals surface area (Å²) in [6.45, 7) is 6.53. The normalized spacial score (nSPS) is 13.0. The van der Waals surface area contributed by atoms with Crippen molar-refractivity contribution >= 4 is 160 Å². The van der Waals surface area contributed by atoms with Crippen LogP contribution in [0.1, 0.15) is 15.4 Å². The molecule has 10 aromatic rings. The molecular weight excluding hydrogens is 660 g/mol. The van der Waals surface area contributed by atoms with E-state index in [1.165, 1.54) is 90.1 Å². The number of nitrogens with zero attached hydrogens (tertiary/aromatic N) is 2. The summed E-state index contributed by atoms with van der Waals surface area (Å²) < 4.78 is 18.8. The Morgan fingerprint density at radius 1 is 0.641 bits per heavy atom. The fourth-order valence-corrected chi connectivity index (χ4v) is 17.4. The van der Waals surface area contributed by atoms with E-state index in [2.05, 4.69) is 67.8 Å². The van der Waals surface area contributed by atoms with E-state index in [1.807, 2.05) is 68.0 Å². The van der Waals surface area contributed by atoms with Crippen molar-refractivity contribution in [2.75, 3.05) is 0 Å². The zero-order valence-corrected chi connectivity index (χ0v) is 27.4. The molecule has 2 nitrogen and oxygen atoms in total. The SMILES string of the molecule is Cc1ccc(-n2c3cc(C)sc3c3sc4c5cc6sc7c8sc9nc(C)sc9c8[se]c7c6cc5sc4c32)cc1. The minimum absolute atomic E-state index is 0.359. The molecule has 0 bridgehead atoms. The maximum atomic E-state index is 4.80. The van der Waals surface area contributed by atoms with Gasteiger partial charge >= 0.3 is 247 Å². The molecule has 8 aromatic heterocycles. The second-order valence-corrected chi connectivity index (χ2v) is 18.8. The Kier molecular flexibility index (Phi) is 4.41. The van der Waals surface area contributed by atoms with Crippen molar-refractivity contribution in [3.8, 4) is 5.69 Å². The van der Waals surface area contributed by atoms with Crippen LogP contribution in [0.5, 0.6) is 0 Å². The van der Waals surface area contributed by atoms with E-state index in [-0.39, 0.29) is 0 Å². The number of rotatable bonds is 1. The van der Waals surface area contributed by atoms with Gasteiger partial charge in [-0.25, -0.2) is 0 Å². The van der Waals surface area contributed by atoms with E-state index in [0.717, 1.165) is 0 Å². The van der Waals surface area contributed by atoms with E-state index in [4.69, 9.17) is 4.98 Å². The van der Waals surface area contributed by atoms with Crippen molar-refractivity contribution in [1.29, 1.82) is 0 Å². The van der Waals surface area contributed by atoms with Crippen LogP contribution in [-0.4, -0.2) is 24.1 Å². The molecule has 9 heteroatoms. The fourth-order valence-electron chi connectivity index (χ4n) is 5.88. The number of aromatic nitrogens is 2. The molecular formula is C30H16N2S6Se. The Labute approximate surface area is 251 Å². The monoisotopic (exact) mass is 676 g/mol. The van der Waals surface area contributed by atoms with Gasteiger partial charge in [-0.1, -0.05) is 0 Å². The van der Waals surface area contributed by atoms with Gasteiger partial charge in [-0.2, -0.15) is 0 Å². The van der Waals surface area contributed by atoms with Gasteiger partial charge in [-0.05, 0) is 6.92 Å². The van der Waals surface area contributed by atoms with Gasteiger partial charge in [0.2, 0.25) is 0 Å². The van der Waals surface area contributed by atoms with Gasteiger partial charge in [-0.15, -0.1) is 0 Å². The summed E-state index contributed by atoms with van der Waals surface area (Å²) in [6.07, 6.45) is 0. The Balaban J connectivity index is 1.29. The zero-order chi connectivity index (χ0) is 25.7. The van der Waals surface area contributed by atoms with Crippen molar-refractivity contribution in [1.82, 2.24) is 9.55 Å².